The maximum Gasteiger partial charge on any atom is 0.323 e. The standard InChI is InChI=1S/C12H17BrN6O/c1-4-5-14-10-16-11(19-7-9(13)6-15-19)18-12(17-10)20-8(2)3/h6-8H,4-5H2,1-3H3,(H,14,16,17,18). The van der Waals surface area contributed by atoms with Crippen molar-refractivity contribution in [2.24, 2.45) is 0 Å². The SMILES string of the molecule is CCCNc1nc(OC(C)C)nc(-n2cc(Br)cn2)n1. The highest BCUT2D eigenvalue weighted by Crippen LogP contribution is 2.14. The second-order valence-corrected chi connectivity index (χ2v) is 5.35. The van der Waals surface area contributed by atoms with Gasteiger partial charge in [0, 0.05) is 12.7 Å². The molecule has 0 saturated heterocycles. The Kier molecular flexibility index (Phi) is 4.89. The van der Waals surface area contributed by atoms with Gasteiger partial charge in [-0.05, 0) is 36.2 Å². The minimum absolute atomic E-state index is 0.00590. The van der Waals surface area contributed by atoms with Crippen molar-refractivity contribution in [3.8, 4) is 12.0 Å². The van der Waals surface area contributed by atoms with Crippen LogP contribution in [0.1, 0.15) is 27.2 Å². The number of ether oxygens (including phenoxy) is 1. The van der Waals surface area contributed by atoms with Crippen LogP contribution in [-0.4, -0.2) is 37.4 Å². The van der Waals surface area contributed by atoms with E-state index < -0.39 is 0 Å². The summed E-state index contributed by atoms with van der Waals surface area (Å²) >= 11 is 3.35. The van der Waals surface area contributed by atoms with Crippen LogP contribution in [0.15, 0.2) is 16.9 Å². The van der Waals surface area contributed by atoms with E-state index in [1.807, 2.05) is 13.8 Å². The first kappa shape index (κ1) is 14.7. The van der Waals surface area contributed by atoms with Crippen molar-refractivity contribution < 1.29 is 4.74 Å². The maximum absolute atomic E-state index is 5.55. The number of halogens is 1. The van der Waals surface area contributed by atoms with Crippen molar-refractivity contribution >= 4 is 21.9 Å². The lowest BCUT2D eigenvalue weighted by molar-refractivity contribution is 0.221. The zero-order valence-corrected chi connectivity index (χ0v) is 13.3. The number of hydrogen-bond donors (Lipinski definition) is 1. The lowest BCUT2D eigenvalue weighted by atomic mass is 10.5. The summed E-state index contributed by atoms with van der Waals surface area (Å²) in [7, 11) is 0. The predicted molar refractivity (Wildman–Crippen MR) is 79.2 cm³/mol. The van der Waals surface area contributed by atoms with Gasteiger partial charge in [0.25, 0.3) is 5.95 Å². The van der Waals surface area contributed by atoms with Crippen LogP contribution in [0.25, 0.3) is 5.95 Å². The largest absolute Gasteiger partial charge is 0.461 e. The Hall–Kier alpha value is -1.70. The number of nitrogens with one attached hydrogen (secondary N) is 1. The fourth-order valence-electron chi connectivity index (χ4n) is 1.44. The second-order valence-electron chi connectivity index (χ2n) is 4.44. The molecule has 0 bridgehead atoms. The van der Waals surface area contributed by atoms with Gasteiger partial charge in [-0.15, -0.1) is 0 Å². The molecule has 0 radical (unpaired) electrons. The zero-order chi connectivity index (χ0) is 14.5. The monoisotopic (exact) mass is 340 g/mol. The highest BCUT2D eigenvalue weighted by Gasteiger charge is 2.11. The van der Waals surface area contributed by atoms with Crippen molar-refractivity contribution in [3.63, 3.8) is 0 Å². The molecule has 2 rings (SSSR count). The van der Waals surface area contributed by atoms with E-state index in [1.54, 1.807) is 17.1 Å². The average Bonchev–Trinajstić information content (AvgIpc) is 2.82. The Labute approximate surface area is 125 Å². The van der Waals surface area contributed by atoms with Gasteiger partial charge >= 0.3 is 6.01 Å². The van der Waals surface area contributed by atoms with E-state index in [9.17, 15) is 0 Å². The van der Waals surface area contributed by atoms with Gasteiger partial charge < -0.3 is 10.1 Å². The molecular weight excluding hydrogens is 324 g/mol. The molecule has 0 aliphatic heterocycles. The molecule has 0 aliphatic rings. The molecule has 0 aliphatic carbocycles. The van der Waals surface area contributed by atoms with Crippen molar-refractivity contribution in [2.75, 3.05) is 11.9 Å². The van der Waals surface area contributed by atoms with Crippen LogP contribution < -0.4 is 10.1 Å². The van der Waals surface area contributed by atoms with Gasteiger partial charge in [-0.25, -0.2) is 4.68 Å². The van der Waals surface area contributed by atoms with E-state index in [1.165, 1.54) is 0 Å². The molecular formula is C12H17BrN6O. The van der Waals surface area contributed by atoms with Crippen molar-refractivity contribution in [1.29, 1.82) is 0 Å². The van der Waals surface area contributed by atoms with Crippen molar-refractivity contribution in [3.05, 3.63) is 16.9 Å². The third kappa shape index (κ3) is 3.89. The Morgan fingerprint density at radius 3 is 2.75 bits per heavy atom. The molecule has 2 aromatic heterocycles. The second kappa shape index (κ2) is 6.65. The summed E-state index contributed by atoms with van der Waals surface area (Å²) in [6.45, 7) is 6.71. The molecule has 0 atom stereocenters. The van der Waals surface area contributed by atoms with Crippen molar-refractivity contribution in [1.82, 2.24) is 24.7 Å². The van der Waals surface area contributed by atoms with E-state index >= 15 is 0 Å². The average molecular weight is 341 g/mol. The summed E-state index contributed by atoms with van der Waals surface area (Å²) in [6.07, 6.45) is 4.42. The number of rotatable bonds is 6. The highest BCUT2D eigenvalue weighted by atomic mass is 79.9. The Morgan fingerprint density at radius 2 is 2.15 bits per heavy atom. The summed E-state index contributed by atoms with van der Waals surface area (Å²) in [5, 5.41) is 7.29. The molecule has 2 heterocycles. The van der Waals surface area contributed by atoms with Gasteiger partial charge in [0.05, 0.1) is 16.8 Å². The number of anilines is 1. The smallest absolute Gasteiger partial charge is 0.323 e. The third-order valence-electron chi connectivity index (χ3n) is 2.23. The van der Waals surface area contributed by atoms with Gasteiger partial charge in [-0.3, -0.25) is 0 Å². The predicted octanol–water partition coefficient (Wildman–Crippen LogP) is 2.43. The number of aromatic nitrogens is 5. The fourth-order valence-corrected chi connectivity index (χ4v) is 1.72. The van der Waals surface area contributed by atoms with Gasteiger partial charge in [0.15, 0.2) is 0 Å². The molecule has 0 spiro atoms. The van der Waals surface area contributed by atoms with Gasteiger partial charge in [-0.2, -0.15) is 20.1 Å². The minimum atomic E-state index is -0.00590. The summed E-state index contributed by atoms with van der Waals surface area (Å²) in [5.41, 5.74) is 0. The highest BCUT2D eigenvalue weighted by molar-refractivity contribution is 9.10. The summed E-state index contributed by atoms with van der Waals surface area (Å²) in [4.78, 5) is 12.8. The van der Waals surface area contributed by atoms with E-state index in [0.29, 0.717) is 11.9 Å². The van der Waals surface area contributed by atoms with Crippen LogP contribution in [0, 0.1) is 0 Å². The molecule has 0 saturated carbocycles. The van der Waals surface area contributed by atoms with Gasteiger partial charge in [0.2, 0.25) is 5.95 Å². The van der Waals surface area contributed by atoms with E-state index in [-0.39, 0.29) is 12.1 Å². The lowest BCUT2D eigenvalue weighted by Crippen LogP contribution is -2.14. The first-order valence-corrected chi connectivity index (χ1v) is 7.25. The molecule has 108 valence electrons. The first-order chi connectivity index (χ1) is 9.58. The summed E-state index contributed by atoms with van der Waals surface area (Å²) < 4.78 is 7.97. The molecule has 20 heavy (non-hydrogen) atoms. The van der Waals surface area contributed by atoms with Crippen LogP contribution in [-0.2, 0) is 0 Å². The fraction of sp³-hybridized carbons (Fsp3) is 0.500. The van der Waals surface area contributed by atoms with Crippen LogP contribution in [0.3, 0.4) is 0 Å². The van der Waals surface area contributed by atoms with E-state index in [4.69, 9.17) is 4.74 Å². The molecule has 0 unspecified atom stereocenters. The molecule has 0 aromatic carbocycles. The normalized spacial score (nSPS) is 10.8. The molecule has 2 aromatic rings. The molecule has 7 nitrogen and oxygen atoms in total. The zero-order valence-electron chi connectivity index (χ0n) is 11.7. The van der Waals surface area contributed by atoms with Gasteiger partial charge in [0.1, 0.15) is 0 Å². The van der Waals surface area contributed by atoms with E-state index in [2.05, 4.69) is 48.2 Å². The summed E-state index contributed by atoms with van der Waals surface area (Å²) in [5.74, 6) is 0.902. The van der Waals surface area contributed by atoms with Crippen LogP contribution in [0.4, 0.5) is 5.95 Å². The van der Waals surface area contributed by atoms with Crippen LogP contribution in [0.5, 0.6) is 6.01 Å². The lowest BCUT2D eigenvalue weighted by Gasteiger charge is -2.10. The van der Waals surface area contributed by atoms with Crippen LogP contribution >= 0.6 is 15.9 Å². The first-order valence-electron chi connectivity index (χ1n) is 6.45. The maximum atomic E-state index is 5.55. The quantitative estimate of drug-likeness (QED) is 0.870. The number of nitrogens with zero attached hydrogens (tertiary/aromatic N) is 5. The molecule has 0 fully saturated rings. The number of hydrogen-bond acceptors (Lipinski definition) is 6. The topological polar surface area (TPSA) is 77.8 Å². The summed E-state index contributed by atoms with van der Waals surface area (Å²) in [6, 6.07) is 0.287. The third-order valence-corrected chi connectivity index (χ3v) is 2.64. The van der Waals surface area contributed by atoms with Crippen LogP contribution in [0.2, 0.25) is 0 Å². The van der Waals surface area contributed by atoms with Gasteiger partial charge in [-0.1, -0.05) is 6.92 Å². The Balaban J connectivity index is 2.34. The van der Waals surface area contributed by atoms with Crippen molar-refractivity contribution in [2.45, 2.75) is 33.3 Å². The molecule has 0 amide bonds. The van der Waals surface area contributed by atoms with E-state index in [0.717, 1.165) is 17.4 Å². The Morgan fingerprint density at radius 1 is 1.35 bits per heavy atom. The molecule has 1 N–H and O–H groups in total. The minimum Gasteiger partial charge on any atom is -0.461 e. The Bertz CT molecular complexity index is 571. The molecule has 8 heteroatoms.